The van der Waals surface area contributed by atoms with Crippen LogP contribution < -0.4 is 0 Å². The Bertz CT molecular complexity index is 1290. The van der Waals surface area contributed by atoms with Crippen LogP contribution in [0.25, 0.3) is 0 Å². The van der Waals surface area contributed by atoms with Crippen LogP contribution in [0.1, 0.15) is 66.9 Å². The fraction of sp³-hybridized carbons (Fsp3) is 0.600. The monoisotopic (exact) mass is 524 g/mol. The molecule has 0 spiro atoms. The first-order valence-electron chi connectivity index (χ1n) is 13.2. The molecule has 0 unspecified atom stereocenters. The summed E-state index contributed by atoms with van der Waals surface area (Å²) in [5.74, 6) is -2.36. The lowest BCUT2D eigenvalue weighted by Gasteiger charge is -2.68. The highest BCUT2D eigenvalue weighted by molar-refractivity contribution is 6.03. The zero-order valence-electron chi connectivity index (χ0n) is 23.0. The molecule has 0 amide bonds. The fourth-order valence-electron chi connectivity index (χ4n) is 8.90. The molecule has 1 aromatic heterocycles. The summed E-state index contributed by atoms with van der Waals surface area (Å²) in [6, 6.07) is 1.59. The van der Waals surface area contributed by atoms with Gasteiger partial charge >= 0.3 is 11.9 Å². The van der Waals surface area contributed by atoms with Crippen molar-refractivity contribution in [2.75, 3.05) is 0 Å². The van der Waals surface area contributed by atoms with Gasteiger partial charge in [-0.3, -0.25) is 19.2 Å². The van der Waals surface area contributed by atoms with Gasteiger partial charge in [0, 0.05) is 41.6 Å². The molecule has 8 nitrogen and oxygen atoms in total. The lowest BCUT2D eigenvalue weighted by molar-refractivity contribution is -0.241. The summed E-state index contributed by atoms with van der Waals surface area (Å²) in [5, 5.41) is 12.1. The molecule has 0 aliphatic heterocycles. The van der Waals surface area contributed by atoms with E-state index in [1.807, 2.05) is 33.8 Å². The SMILES string of the molecule is CC(=O)O[C@@H]1[C@@H](OC(C)=O)[C@@]2(C)C3=CC(=O)[C@@](O)(c4ccoc4)[C@]3(C)CC[C@@H]2[C@@]2(C)C=CC(=O)C(C)(C)[C@H]12. The number of ketones is 2. The van der Waals surface area contributed by atoms with Gasteiger partial charge in [0.15, 0.2) is 17.2 Å². The van der Waals surface area contributed by atoms with Gasteiger partial charge in [0.2, 0.25) is 0 Å². The zero-order chi connectivity index (χ0) is 28.1. The number of hydrogen-bond donors (Lipinski definition) is 1. The summed E-state index contributed by atoms with van der Waals surface area (Å²) < 4.78 is 17.3. The third kappa shape index (κ3) is 3.07. The van der Waals surface area contributed by atoms with E-state index in [0.717, 1.165) is 0 Å². The van der Waals surface area contributed by atoms with E-state index in [-0.39, 0.29) is 11.7 Å². The molecule has 204 valence electrons. The molecule has 2 fully saturated rings. The van der Waals surface area contributed by atoms with Crippen molar-refractivity contribution in [1.82, 2.24) is 0 Å². The van der Waals surface area contributed by atoms with Gasteiger partial charge < -0.3 is 19.0 Å². The van der Waals surface area contributed by atoms with Crippen LogP contribution in [0, 0.1) is 33.5 Å². The van der Waals surface area contributed by atoms with Crippen molar-refractivity contribution in [3.8, 4) is 0 Å². The first-order valence-corrected chi connectivity index (χ1v) is 13.2. The van der Waals surface area contributed by atoms with E-state index in [9.17, 15) is 24.3 Å². The van der Waals surface area contributed by atoms with E-state index in [0.29, 0.717) is 24.0 Å². The van der Waals surface area contributed by atoms with Crippen molar-refractivity contribution in [2.45, 2.75) is 79.1 Å². The average Bonchev–Trinajstić information content (AvgIpc) is 3.41. The number of hydrogen-bond acceptors (Lipinski definition) is 8. The predicted octanol–water partition coefficient (Wildman–Crippen LogP) is 4.06. The number of fused-ring (bicyclic) bond motifs is 5. The van der Waals surface area contributed by atoms with Crippen molar-refractivity contribution in [1.29, 1.82) is 0 Å². The molecule has 0 radical (unpaired) electrons. The number of rotatable bonds is 3. The van der Waals surface area contributed by atoms with E-state index in [1.165, 1.54) is 32.4 Å². The van der Waals surface area contributed by atoms with Crippen LogP contribution in [-0.4, -0.2) is 40.8 Å². The average molecular weight is 525 g/mol. The van der Waals surface area contributed by atoms with E-state index >= 15 is 0 Å². The van der Waals surface area contributed by atoms with Crippen molar-refractivity contribution < 1.29 is 38.2 Å². The molecule has 2 saturated carbocycles. The number of ether oxygens (including phenoxy) is 2. The number of carbonyl (C=O) groups excluding carboxylic acids is 4. The molecule has 38 heavy (non-hydrogen) atoms. The first-order chi connectivity index (χ1) is 17.6. The maximum atomic E-state index is 13.7. The topological polar surface area (TPSA) is 120 Å². The Labute approximate surface area is 222 Å². The number of aliphatic hydroxyl groups is 1. The molecule has 0 saturated heterocycles. The lowest BCUT2D eigenvalue weighted by atomic mass is 9.37. The largest absolute Gasteiger partial charge is 0.472 e. The van der Waals surface area contributed by atoms with Gasteiger partial charge in [-0.2, -0.15) is 0 Å². The number of esters is 2. The molecule has 1 aromatic rings. The molecule has 5 rings (SSSR count). The first kappa shape index (κ1) is 26.6. The maximum absolute atomic E-state index is 13.7. The van der Waals surface area contributed by atoms with Gasteiger partial charge in [-0.05, 0) is 48.0 Å². The minimum atomic E-state index is -1.86. The summed E-state index contributed by atoms with van der Waals surface area (Å²) >= 11 is 0. The Balaban J connectivity index is 1.78. The number of furan rings is 1. The predicted molar refractivity (Wildman–Crippen MR) is 135 cm³/mol. The summed E-state index contributed by atoms with van der Waals surface area (Å²) in [7, 11) is 0. The minimum absolute atomic E-state index is 0.0902. The van der Waals surface area contributed by atoms with E-state index in [4.69, 9.17) is 13.9 Å². The van der Waals surface area contributed by atoms with Crippen LogP contribution in [0.4, 0.5) is 0 Å². The summed E-state index contributed by atoms with van der Waals surface area (Å²) in [5.41, 5.74) is -4.45. The smallest absolute Gasteiger partial charge is 0.303 e. The van der Waals surface area contributed by atoms with E-state index in [2.05, 4.69) is 6.92 Å². The highest BCUT2D eigenvalue weighted by atomic mass is 16.6. The van der Waals surface area contributed by atoms with Crippen LogP contribution in [0.2, 0.25) is 0 Å². The second-order valence-corrected chi connectivity index (χ2v) is 12.7. The second kappa shape index (κ2) is 8.01. The lowest BCUT2D eigenvalue weighted by Crippen LogP contribution is -2.71. The Morgan fingerprint density at radius 2 is 1.68 bits per heavy atom. The number of carbonyl (C=O) groups is 4. The molecule has 8 heteroatoms. The van der Waals surface area contributed by atoms with Gasteiger partial charge in [0.05, 0.1) is 12.5 Å². The Hall–Kier alpha value is -3.00. The Morgan fingerprint density at radius 1 is 1.03 bits per heavy atom. The van der Waals surface area contributed by atoms with Crippen LogP contribution in [0.15, 0.2) is 46.8 Å². The van der Waals surface area contributed by atoms with Gasteiger partial charge in [0.1, 0.15) is 12.2 Å². The molecule has 8 atom stereocenters. The zero-order valence-corrected chi connectivity index (χ0v) is 23.0. The Kier molecular flexibility index (Phi) is 5.61. The van der Waals surface area contributed by atoms with Crippen molar-refractivity contribution >= 4 is 23.5 Å². The number of allylic oxidation sites excluding steroid dienone is 2. The van der Waals surface area contributed by atoms with Crippen LogP contribution in [0.5, 0.6) is 0 Å². The van der Waals surface area contributed by atoms with Crippen molar-refractivity contribution in [2.24, 2.45) is 33.5 Å². The molecule has 4 aliphatic carbocycles. The van der Waals surface area contributed by atoms with Gasteiger partial charge in [-0.25, -0.2) is 0 Å². The second-order valence-electron chi connectivity index (χ2n) is 12.7. The summed E-state index contributed by atoms with van der Waals surface area (Å²) in [4.78, 5) is 51.9. The Morgan fingerprint density at radius 3 is 2.26 bits per heavy atom. The molecule has 0 aromatic carbocycles. The van der Waals surface area contributed by atoms with Gasteiger partial charge in [0.25, 0.3) is 0 Å². The highest BCUT2D eigenvalue weighted by Crippen LogP contribution is 2.73. The quantitative estimate of drug-likeness (QED) is 0.588. The van der Waals surface area contributed by atoms with Crippen molar-refractivity contribution in [3.05, 3.63) is 48.0 Å². The molecular formula is C30H36O8. The van der Waals surface area contributed by atoms with Gasteiger partial charge in [-0.1, -0.05) is 40.7 Å². The standard InChI is InChI=1S/C30H36O8/c1-16(31)37-23-24-26(3,4)21(33)9-11-27(24,5)19-8-12-28(6)20(29(19,7)25(23)38-17(2)32)14-22(34)30(28,35)18-10-13-36-15-18/h9-11,13-15,19,23-25,35H,8,12H2,1-7H3/t19-,23+,24+,25-,27-,28-,29-,30+/m1/s1. The minimum Gasteiger partial charge on any atom is -0.472 e. The summed E-state index contributed by atoms with van der Waals surface area (Å²) in [6.07, 6.45) is 6.92. The van der Waals surface area contributed by atoms with Crippen LogP contribution in [0.3, 0.4) is 0 Å². The van der Waals surface area contributed by atoms with E-state index < -0.39 is 63.1 Å². The molecule has 1 N–H and O–H groups in total. The molecule has 4 aliphatic rings. The maximum Gasteiger partial charge on any atom is 0.303 e. The van der Waals surface area contributed by atoms with Crippen LogP contribution in [-0.2, 0) is 34.3 Å². The van der Waals surface area contributed by atoms with E-state index in [1.54, 1.807) is 12.1 Å². The molecule has 1 heterocycles. The third-order valence-electron chi connectivity index (χ3n) is 10.4. The van der Waals surface area contributed by atoms with Gasteiger partial charge in [-0.15, -0.1) is 0 Å². The van der Waals surface area contributed by atoms with Crippen LogP contribution >= 0.6 is 0 Å². The normalized spacial score (nSPS) is 43.0. The fourth-order valence-corrected chi connectivity index (χ4v) is 8.90. The molecule has 0 bridgehead atoms. The highest BCUT2D eigenvalue weighted by Gasteiger charge is 2.75. The molecular weight excluding hydrogens is 488 g/mol. The van der Waals surface area contributed by atoms with Crippen molar-refractivity contribution in [3.63, 3.8) is 0 Å². The summed E-state index contributed by atoms with van der Waals surface area (Å²) in [6.45, 7) is 12.1. The third-order valence-corrected chi connectivity index (χ3v) is 10.4.